The maximum Gasteiger partial charge on any atom is 0.271 e. The second-order valence-corrected chi connectivity index (χ2v) is 7.28. The first kappa shape index (κ1) is 18.2. The summed E-state index contributed by atoms with van der Waals surface area (Å²) in [5, 5.41) is 14.1. The molecule has 1 aliphatic rings. The minimum absolute atomic E-state index is 0.0215. The third kappa shape index (κ3) is 3.88. The highest BCUT2D eigenvalue weighted by atomic mass is 16.6. The van der Waals surface area contributed by atoms with E-state index >= 15 is 0 Å². The van der Waals surface area contributed by atoms with Crippen molar-refractivity contribution in [1.29, 1.82) is 0 Å². The molecule has 1 aliphatic carbocycles. The summed E-state index contributed by atoms with van der Waals surface area (Å²) in [5.74, 6) is 0.574. The lowest BCUT2D eigenvalue weighted by molar-refractivity contribution is -0.384. The van der Waals surface area contributed by atoms with Crippen LogP contribution >= 0.6 is 0 Å². The first-order valence-electron chi connectivity index (χ1n) is 9.65. The van der Waals surface area contributed by atoms with E-state index in [0.717, 1.165) is 18.4 Å². The van der Waals surface area contributed by atoms with E-state index in [1.54, 1.807) is 18.2 Å². The van der Waals surface area contributed by atoms with E-state index in [1.165, 1.54) is 37.8 Å². The molecule has 2 aromatic carbocycles. The van der Waals surface area contributed by atoms with Gasteiger partial charge in [-0.15, -0.1) is 0 Å². The summed E-state index contributed by atoms with van der Waals surface area (Å²) < 4.78 is 0. The van der Waals surface area contributed by atoms with Gasteiger partial charge in [0.2, 0.25) is 0 Å². The van der Waals surface area contributed by atoms with Crippen LogP contribution in [0.1, 0.15) is 48.9 Å². The normalized spacial score (nSPS) is 15.3. The molecule has 0 bridgehead atoms. The van der Waals surface area contributed by atoms with Crippen LogP contribution in [0.25, 0.3) is 22.4 Å². The Hall–Kier alpha value is -3.22. The van der Waals surface area contributed by atoms with E-state index in [1.807, 2.05) is 12.1 Å². The number of aromatic nitrogens is 2. The van der Waals surface area contributed by atoms with Crippen LogP contribution in [-0.4, -0.2) is 26.8 Å². The van der Waals surface area contributed by atoms with Crippen molar-refractivity contribution in [2.45, 2.75) is 44.6 Å². The van der Waals surface area contributed by atoms with Crippen molar-refractivity contribution in [3.05, 3.63) is 58.1 Å². The number of rotatable bonds is 4. The van der Waals surface area contributed by atoms with Gasteiger partial charge in [-0.3, -0.25) is 14.9 Å². The van der Waals surface area contributed by atoms with Crippen LogP contribution in [0.15, 0.2) is 42.5 Å². The molecule has 1 fully saturated rings. The van der Waals surface area contributed by atoms with Crippen molar-refractivity contribution >= 4 is 22.6 Å². The van der Waals surface area contributed by atoms with Gasteiger partial charge in [0.15, 0.2) is 0 Å². The molecule has 0 radical (unpaired) electrons. The van der Waals surface area contributed by atoms with E-state index in [4.69, 9.17) is 0 Å². The molecule has 1 amide bonds. The van der Waals surface area contributed by atoms with Gasteiger partial charge in [-0.1, -0.05) is 37.8 Å². The smallest absolute Gasteiger partial charge is 0.271 e. The number of benzene rings is 2. The van der Waals surface area contributed by atoms with E-state index in [0.29, 0.717) is 22.4 Å². The lowest BCUT2D eigenvalue weighted by Gasteiger charge is -2.16. The van der Waals surface area contributed by atoms with Gasteiger partial charge in [-0.2, -0.15) is 0 Å². The summed E-state index contributed by atoms with van der Waals surface area (Å²) in [6.45, 7) is 0. The van der Waals surface area contributed by atoms with Crippen molar-refractivity contribution in [2.75, 3.05) is 0 Å². The predicted molar refractivity (Wildman–Crippen MR) is 107 cm³/mol. The maximum atomic E-state index is 12.5. The zero-order chi connectivity index (χ0) is 19.5. The van der Waals surface area contributed by atoms with Crippen molar-refractivity contribution in [1.82, 2.24) is 15.3 Å². The molecule has 0 saturated heterocycles. The number of carbonyl (C=O) groups excluding carboxylic acids is 1. The molecule has 7 heteroatoms. The monoisotopic (exact) mass is 378 g/mol. The number of hydrogen-bond donors (Lipinski definition) is 2. The van der Waals surface area contributed by atoms with Gasteiger partial charge in [-0.05, 0) is 31.0 Å². The summed E-state index contributed by atoms with van der Waals surface area (Å²) in [7, 11) is 0. The number of aromatic amines is 1. The van der Waals surface area contributed by atoms with Gasteiger partial charge in [0, 0.05) is 29.3 Å². The number of fused-ring (bicyclic) bond motifs is 1. The molecule has 4 rings (SSSR count). The Bertz CT molecular complexity index is 1000. The number of nitro benzene ring substituents is 1. The highest BCUT2D eigenvalue weighted by molar-refractivity contribution is 5.95. The average Bonchev–Trinajstić information content (AvgIpc) is 2.97. The van der Waals surface area contributed by atoms with Gasteiger partial charge in [0.05, 0.1) is 16.0 Å². The molecule has 1 saturated carbocycles. The molecule has 1 heterocycles. The fourth-order valence-electron chi connectivity index (χ4n) is 3.72. The molecule has 1 aromatic heterocycles. The first-order chi connectivity index (χ1) is 13.6. The Morgan fingerprint density at radius 2 is 1.79 bits per heavy atom. The number of nitrogens with zero attached hydrogens (tertiary/aromatic N) is 2. The molecule has 0 atom stereocenters. The summed E-state index contributed by atoms with van der Waals surface area (Å²) in [6.07, 6.45) is 6.95. The average molecular weight is 378 g/mol. The number of nitrogens with one attached hydrogen (secondary N) is 2. The Kier molecular flexibility index (Phi) is 5.06. The van der Waals surface area contributed by atoms with Crippen LogP contribution in [0.5, 0.6) is 0 Å². The molecule has 0 unspecified atom stereocenters. The fourth-order valence-corrected chi connectivity index (χ4v) is 3.72. The Morgan fingerprint density at radius 3 is 2.46 bits per heavy atom. The molecule has 28 heavy (non-hydrogen) atoms. The quantitative estimate of drug-likeness (QED) is 0.394. The zero-order valence-corrected chi connectivity index (χ0v) is 15.5. The van der Waals surface area contributed by atoms with Crippen LogP contribution < -0.4 is 5.32 Å². The Morgan fingerprint density at radius 1 is 1.07 bits per heavy atom. The number of hydrogen-bond acceptors (Lipinski definition) is 4. The minimum Gasteiger partial charge on any atom is -0.349 e. The highest BCUT2D eigenvalue weighted by Crippen LogP contribution is 2.24. The summed E-state index contributed by atoms with van der Waals surface area (Å²) >= 11 is 0. The predicted octanol–water partition coefficient (Wildman–Crippen LogP) is 4.59. The third-order valence-corrected chi connectivity index (χ3v) is 5.29. The second kappa shape index (κ2) is 7.80. The lowest BCUT2D eigenvalue weighted by Crippen LogP contribution is -2.34. The van der Waals surface area contributed by atoms with Gasteiger partial charge in [0.1, 0.15) is 5.82 Å². The number of carbonyl (C=O) groups is 1. The van der Waals surface area contributed by atoms with E-state index in [-0.39, 0.29) is 17.6 Å². The number of H-pyrrole nitrogens is 1. The number of nitro groups is 1. The van der Waals surface area contributed by atoms with E-state index < -0.39 is 4.92 Å². The van der Waals surface area contributed by atoms with Gasteiger partial charge < -0.3 is 10.3 Å². The van der Waals surface area contributed by atoms with Crippen molar-refractivity contribution in [3.63, 3.8) is 0 Å². The van der Waals surface area contributed by atoms with Crippen LogP contribution in [0.4, 0.5) is 5.69 Å². The standard InChI is InChI=1S/C21H22N4O3/c26-21(22-16-5-3-1-2-4-6-16)15-9-7-14(8-10-15)20-23-18-12-11-17(25(27)28)13-19(18)24-20/h7-13,16H,1-6H2,(H,22,26)(H,23,24). The molecular weight excluding hydrogens is 356 g/mol. The van der Waals surface area contributed by atoms with Crippen LogP contribution in [0.3, 0.4) is 0 Å². The van der Waals surface area contributed by atoms with Gasteiger partial charge in [-0.25, -0.2) is 4.98 Å². The molecule has 2 N–H and O–H groups in total. The SMILES string of the molecule is O=C(NC1CCCCCC1)c1ccc(-c2nc3ccc([N+](=O)[O-])cc3[nH]2)cc1. The molecular formula is C21H22N4O3. The number of amides is 1. The summed E-state index contributed by atoms with van der Waals surface area (Å²) in [5.41, 5.74) is 2.74. The highest BCUT2D eigenvalue weighted by Gasteiger charge is 2.16. The van der Waals surface area contributed by atoms with Crippen molar-refractivity contribution < 1.29 is 9.72 Å². The summed E-state index contributed by atoms with van der Waals surface area (Å²) in [4.78, 5) is 30.6. The van der Waals surface area contributed by atoms with Gasteiger partial charge >= 0.3 is 0 Å². The van der Waals surface area contributed by atoms with Crippen LogP contribution in [0.2, 0.25) is 0 Å². The van der Waals surface area contributed by atoms with Crippen LogP contribution in [-0.2, 0) is 0 Å². The van der Waals surface area contributed by atoms with Crippen molar-refractivity contribution in [3.8, 4) is 11.4 Å². The molecule has 0 spiro atoms. The zero-order valence-electron chi connectivity index (χ0n) is 15.5. The second-order valence-electron chi connectivity index (χ2n) is 7.28. The minimum atomic E-state index is -0.429. The maximum absolute atomic E-state index is 12.5. The van der Waals surface area contributed by atoms with Gasteiger partial charge in [0.25, 0.3) is 11.6 Å². The Balaban J connectivity index is 1.50. The fraction of sp³-hybridized carbons (Fsp3) is 0.333. The molecule has 3 aromatic rings. The largest absolute Gasteiger partial charge is 0.349 e. The number of non-ortho nitro benzene ring substituents is 1. The van der Waals surface area contributed by atoms with Crippen molar-refractivity contribution in [2.24, 2.45) is 0 Å². The van der Waals surface area contributed by atoms with E-state index in [9.17, 15) is 14.9 Å². The molecule has 7 nitrogen and oxygen atoms in total. The van der Waals surface area contributed by atoms with Crippen LogP contribution in [0, 0.1) is 10.1 Å². The topological polar surface area (TPSA) is 101 Å². The third-order valence-electron chi connectivity index (χ3n) is 5.29. The molecule has 0 aliphatic heterocycles. The Labute approximate surface area is 162 Å². The first-order valence-corrected chi connectivity index (χ1v) is 9.65. The number of imidazole rings is 1. The van der Waals surface area contributed by atoms with E-state index in [2.05, 4.69) is 15.3 Å². The molecule has 144 valence electrons. The lowest BCUT2D eigenvalue weighted by atomic mass is 10.1. The summed E-state index contributed by atoms with van der Waals surface area (Å²) in [6, 6.07) is 12.1.